The second-order valence-corrected chi connectivity index (χ2v) is 8.69. The molecule has 1 saturated heterocycles. The van der Waals surface area contributed by atoms with Crippen molar-refractivity contribution in [3.63, 3.8) is 0 Å². The van der Waals surface area contributed by atoms with Gasteiger partial charge in [-0.25, -0.2) is 0 Å². The number of ether oxygens (including phenoxy) is 2. The van der Waals surface area contributed by atoms with Crippen molar-refractivity contribution in [2.45, 2.75) is 56.9 Å². The van der Waals surface area contributed by atoms with E-state index < -0.39 is 17.4 Å². The van der Waals surface area contributed by atoms with Crippen LogP contribution in [-0.4, -0.2) is 49.7 Å². The summed E-state index contributed by atoms with van der Waals surface area (Å²) in [5.41, 5.74) is -0.755. The van der Waals surface area contributed by atoms with Crippen molar-refractivity contribution in [1.82, 2.24) is 4.90 Å². The number of carbonyl (C=O) groups excluding carboxylic acids is 2. The molecule has 5 nitrogen and oxygen atoms in total. The number of hydrogen-bond acceptors (Lipinski definition) is 5. The number of hydrogen-bond donors (Lipinski definition) is 0. The van der Waals surface area contributed by atoms with Crippen molar-refractivity contribution < 1.29 is 19.1 Å². The molecule has 4 saturated carbocycles. The summed E-state index contributed by atoms with van der Waals surface area (Å²) in [4.78, 5) is 27.2. The van der Waals surface area contributed by atoms with Crippen LogP contribution in [0, 0.1) is 23.2 Å². The van der Waals surface area contributed by atoms with Crippen LogP contribution < -0.4 is 0 Å². The van der Waals surface area contributed by atoms with Crippen LogP contribution >= 0.6 is 0 Å². The van der Waals surface area contributed by atoms with Gasteiger partial charge in [-0.2, -0.15) is 0 Å². The minimum atomic E-state index is -1.09. The van der Waals surface area contributed by atoms with Gasteiger partial charge in [0.2, 0.25) is 0 Å². The van der Waals surface area contributed by atoms with Crippen molar-refractivity contribution in [1.29, 1.82) is 0 Å². The van der Waals surface area contributed by atoms with E-state index >= 15 is 0 Å². The van der Waals surface area contributed by atoms with Crippen molar-refractivity contribution in [3.8, 4) is 0 Å². The van der Waals surface area contributed by atoms with Gasteiger partial charge in [-0.05, 0) is 69.1 Å². The summed E-state index contributed by atoms with van der Waals surface area (Å²) >= 11 is 0. The van der Waals surface area contributed by atoms with E-state index in [1.54, 1.807) is 0 Å². The maximum atomic E-state index is 12.3. The van der Waals surface area contributed by atoms with Gasteiger partial charge in [-0.1, -0.05) is 0 Å². The highest BCUT2D eigenvalue weighted by Crippen LogP contribution is 2.58. The van der Waals surface area contributed by atoms with E-state index in [0.717, 1.165) is 30.8 Å². The summed E-state index contributed by atoms with van der Waals surface area (Å²) in [6.07, 6.45) is 9.31. The molecule has 0 atom stereocenters. The molecule has 24 heavy (non-hydrogen) atoms. The number of likely N-dealkylation sites (tertiary alicyclic amines) is 1. The molecule has 0 aromatic rings. The summed E-state index contributed by atoms with van der Waals surface area (Å²) in [5, 5.41) is 0. The zero-order valence-corrected chi connectivity index (χ0v) is 14.9. The lowest BCUT2D eigenvalue weighted by Gasteiger charge is -2.61. The molecule has 5 rings (SSSR count). The molecule has 0 unspecified atom stereocenters. The van der Waals surface area contributed by atoms with Gasteiger partial charge in [-0.15, -0.1) is 0 Å². The Bertz CT molecular complexity index is 482. The molecular formula is C19H29NO4. The van der Waals surface area contributed by atoms with Crippen molar-refractivity contribution in [3.05, 3.63) is 0 Å². The molecule has 5 heteroatoms. The Kier molecular flexibility index (Phi) is 3.90. The molecule has 0 aromatic carbocycles. The molecule has 0 aromatic heterocycles. The fourth-order valence-corrected chi connectivity index (χ4v) is 6.70. The molecular weight excluding hydrogens is 306 g/mol. The van der Waals surface area contributed by atoms with Crippen LogP contribution in [0.2, 0.25) is 0 Å². The van der Waals surface area contributed by atoms with Crippen LogP contribution in [-0.2, 0) is 19.1 Å². The lowest BCUT2D eigenvalue weighted by Crippen LogP contribution is -2.63. The third kappa shape index (κ3) is 2.31. The van der Waals surface area contributed by atoms with Gasteiger partial charge in [0.25, 0.3) is 0 Å². The Morgan fingerprint density at radius 2 is 1.25 bits per heavy atom. The average Bonchev–Trinajstić information content (AvgIpc) is 2.59. The number of carbonyl (C=O) groups is 2. The second-order valence-electron chi connectivity index (χ2n) is 8.69. The lowest BCUT2D eigenvalue weighted by atomic mass is 9.52. The van der Waals surface area contributed by atoms with E-state index in [2.05, 4.69) is 4.90 Å². The minimum Gasteiger partial charge on any atom is -0.468 e. The average molecular weight is 335 g/mol. The van der Waals surface area contributed by atoms with E-state index in [9.17, 15) is 9.59 Å². The highest BCUT2D eigenvalue weighted by atomic mass is 16.5. The van der Waals surface area contributed by atoms with Gasteiger partial charge in [0.05, 0.1) is 14.2 Å². The maximum Gasteiger partial charge on any atom is 0.323 e. The molecule has 1 heterocycles. The number of piperidine rings is 1. The molecule has 4 aliphatic carbocycles. The van der Waals surface area contributed by atoms with Gasteiger partial charge >= 0.3 is 11.9 Å². The predicted octanol–water partition coefficient (Wildman–Crippen LogP) is 2.38. The number of nitrogens with zero attached hydrogens (tertiary/aromatic N) is 1. The van der Waals surface area contributed by atoms with Crippen LogP contribution in [0.15, 0.2) is 0 Å². The van der Waals surface area contributed by atoms with Crippen LogP contribution in [0.25, 0.3) is 0 Å². The van der Waals surface area contributed by atoms with Gasteiger partial charge in [0, 0.05) is 18.6 Å². The Morgan fingerprint density at radius 1 is 0.833 bits per heavy atom. The lowest BCUT2D eigenvalue weighted by molar-refractivity contribution is -0.177. The van der Waals surface area contributed by atoms with Gasteiger partial charge < -0.3 is 9.47 Å². The summed E-state index contributed by atoms with van der Waals surface area (Å²) in [6, 6.07) is 0. The van der Waals surface area contributed by atoms with Crippen LogP contribution in [0.3, 0.4) is 0 Å². The maximum absolute atomic E-state index is 12.3. The molecule has 0 radical (unpaired) electrons. The number of esters is 2. The minimum absolute atomic E-state index is 0.340. The normalized spacial score (nSPS) is 40.3. The largest absolute Gasteiger partial charge is 0.468 e. The zero-order valence-electron chi connectivity index (χ0n) is 14.9. The van der Waals surface area contributed by atoms with Gasteiger partial charge in [0.1, 0.15) is 0 Å². The highest BCUT2D eigenvalue weighted by molar-refractivity contribution is 6.00. The Labute approximate surface area is 144 Å². The standard InChI is InChI=1S/C19H29NO4/c1-23-16(21)19(17(22)24-2)3-5-20(6-4-19)18-10-13-7-14(11-18)9-15(8-13)12-18/h13-15H,3-12H2,1-2H3. The predicted molar refractivity (Wildman–Crippen MR) is 88.2 cm³/mol. The van der Waals surface area contributed by atoms with Crippen molar-refractivity contribution in [2.75, 3.05) is 27.3 Å². The smallest absolute Gasteiger partial charge is 0.323 e. The molecule has 134 valence electrons. The fourth-order valence-electron chi connectivity index (χ4n) is 6.70. The number of rotatable bonds is 3. The first-order valence-corrected chi connectivity index (χ1v) is 9.43. The summed E-state index contributed by atoms with van der Waals surface area (Å²) in [6.45, 7) is 1.60. The fraction of sp³-hybridized carbons (Fsp3) is 0.895. The van der Waals surface area contributed by atoms with E-state index in [1.807, 2.05) is 0 Å². The first-order valence-electron chi connectivity index (χ1n) is 9.43. The summed E-state index contributed by atoms with van der Waals surface area (Å²) < 4.78 is 9.88. The SMILES string of the molecule is COC(=O)C1(C(=O)OC)CCN(C23CC4CC(CC(C4)C2)C3)CC1. The molecule has 5 aliphatic rings. The zero-order chi connectivity index (χ0) is 16.9. The Morgan fingerprint density at radius 3 is 1.62 bits per heavy atom. The first kappa shape index (κ1) is 16.4. The van der Waals surface area contributed by atoms with E-state index in [-0.39, 0.29) is 0 Å². The van der Waals surface area contributed by atoms with Crippen LogP contribution in [0.1, 0.15) is 51.4 Å². The molecule has 4 bridgehead atoms. The first-order chi connectivity index (χ1) is 11.5. The Hall–Kier alpha value is -1.10. The van der Waals surface area contributed by atoms with Gasteiger partial charge in [-0.3, -0.25) is 14.5 Å². The van der Waals surface area contributed by atoms with Crippen LogP contribution in [0.5, 0.6) is 0 Å². The second kappa shape index (κ2) is 5.72. The van der Waals surface area contributed by atoms with Gasteiger partial charge in [0.15, 0.2) is 5.41 Å². The highest BCUT2D eigenvalue weighted by Gasteiger charge is 2.57. The van der Waals surface area contributed by atoms with E-state index in [4.69, 9.17) is 9.47 Å². The molecule has 0 N–H and O–H groups in total. The van der Waals surface area contributed by atoms with E-state index in [0.29, 0.717) is 18.4 Å². The molecule has 1 aliphatic heterocycles. The van der Waals surface area contributed by atoms with Crippen LogP contribution in [0.4, 0.5) is 0 Å². The Balaban J connectivity index is 1.51. The topological polar surface area (TPSA) is 55.8 Å². The number of methoxy groups -OCH3 is 2. The van der Waals surface area contributed by atoms with Crippen molar-refractivity contribution in [2.24, 2.45) is 23.2 Å². The molecule has 0 amide bonds. The molecule has 5 fully saturated rings. The van der Waals surface area contributed by atoms with Crippen molar-refractivity contribution >= 4 is 11.9 Å². The third-order valence-electron chi connectivity index (χ3n) is 7.45. The monoisotopic (exact) mass is 335 g/mol. The van der Waals surface area contributed by atoms with E-state index in [1.165, 1.54) is 52.7 Å². The third-order valence-corrected chi connectivity index (χ3v) is 7.45. The quantitative estimate of drug-likeness (QED) is 0.585. The molecule has 0 spiro atoms. The summed E-state index contributed by atoms with van der Waals surface area (Å²) in [7, 11) is 2.72. The summed E-state index contributed by atoms with van der Waals surface area (Å²) in [5.74, 6) is 1.86.